The molecule has 0 spiro atoms. The van der Waals surface area contributed by atoms with Crippen molar-refractivity contribution in [2.45, 2.75) is 25.7 Å². The Morgan fingerprint density at radius 1 is 0.656 bits per heavy atom. The molecule has 0 heterocycles. The fraction of sp³-hybridized carbons (Fsp3) is 0.364. The lowest BCUT2D eigenvalue weighted by Gasteiger charge is -2.07. The van der Waals surface area contributed by atoms with Gasteiger partial charge in [0.1, 0.15) is 23.3 Å². The molecule has 0 radical (unpaired) electrons. The van der Waals surface area contributed by atoms with Crippen LogP contribution in [-0.4, -0.2) is 34.8 Å². The first-order valence-corrected chi connectivity index (χ1v) is 12.3. The van der Waals surface area contributed by atoms with Gasteiger partial charge in [-0.25, -0.2) is 17.6 Å². The molecule has 0 unspecified atom stereocenters. The van der Waals surface area contributed by atoms with E-state index < -0.39 is 23.3 Å². The van der Waals surface area contributed by atoms with Crippen molar-refractivity contribution in [1.29, 1.82) is 0 Å². The summed E-state index contributed by atoms with van der Waals surface area (Å²) in [7, 11) is 0. The van der Waals surface area contributed by atoms with Crippen LogP contribution in [0, 0.1) is 23.3 Å². The molecular weight excluding hydrogens is 464 g/mol. The van der Waals surface area contributed by atoms with Crippen LogP contribution >= 0.6 is 23.5 Å². The van der Waals surface area contributed by atoms with E-state index in [1.165, 1.54) is 23.5 Å². The Morgan fingerprint density at radius 2 is 1.06 bits per heavy atom. The van der Waals surface area contributed by atoms with Crippen LogP contribution in [0.1, 0.15) is 25.7 Å². The fourth-order valence-electron chi connectivity index (χ4n) is 2.65. The van der Waals surface area contributed by atoms with Gasteiger partial charge in [-0.2, -0.15) is 23.5 Å². The van der Waals surface area contributed by atoms with Crippen LogP contribution in [-0.2, 0) is 9.59 Å². The van der Waals surface area contributed by atoms with Gasteiger partial charge in [-0.1, -0.05) is 12.8 Å². The van der Waals surface area contributed by atoms with Crippen molar-refractivity contribution in [3.05, 3.63) is 59.7 Å². The number of hydrogen-bond acceptors (Lipinski definition) is 4. The van der Waals surface area contributed by atoms with Gasteiger partial charge in [-0.3, -0.25) is 9.59 Å². The van der Waals surface area contributed by atoms with E-state index in [1.807, 2.05) is 0 Å². The third-order valence-electron chi connectivity index (χ3n) is 4.20. The van der Waals surface area contributed by atoms with E-state index in [1.54, 1.807) is 0 Å². The first-order chi connectivity index (χ1) is 15.3. The molecule has 0 bridgehead atoms. The number of unbranched alkanes of at least 4 members (excludes halogenated alkanes) is 3. The molecule has 2 aromatic rings. The largest absolute Gasteiger partial charge is 0.323 e. The Kier molecular flexibility index (Phi) is 11.4. The molecule has 0 fully saturated rings. The summed E-state index contributed by atoms with van der Waals surface area (Å²) in [6, 6.07) is 5.79. The highest BCUT2D eigenvalue weighted by atomic mass is 32.2. The molecule has 4 nitrogen and oxygen atoms in total. The summed E-state index contributed by atoms with van der Waals surface area (Å²) in [5, 5.41) is 4.71. The molecule has 0 saturated heterocycles. The fourth-order valence-corrected chi connectivity index (χ4v) is 4.27. The maximum Gasteiger partial charge on any atom is 0.234 e. The van der Waals surface area contributed by atoms with Crippen LogP contribution in [0.5, 0.6) is 0 Å². The molecule has 2 N–H and O–H groups in total. The Balaban J connectivity index is 1.46. The highest BCUT2D eigenvalue weighted by Gasteiger charge is 2.09. The Labute approximate surface area is 192 Å². The highest BCUT2D eigenvalue weighted by Crippen LogP contribution is 2.17. The molecule has 0 saturated carbocycles. The minimum absolute atomic E-state index is 0.160. The van der Waals surface area contributed by atoms with Crippen molar-refractivity contribution in [2.24, 2.45) is 0 Å². The summed E-state index contributed by atoms with van der Waals surface area (Å²) in [6.45, 7) is 0. The van der Waals surface area contributed by atoms with Gasteiger partial charge < -0.3 is 10.6 Å². The van der Waals surface area contributed by atoms with Gasteiger partial charge in [0.25, 0.3) is 0 Å². The Morgan fingerprint density at radius 3 is 1.47 bits per heavy atom. The van der Waals surface area contributed by atoms with E-state index in [0.717, 1.165) is 73.6 Å². The molecule has 32 heavy (non-hydrogen) atoms. The number of rotatable bonds is 13. The first kappa shape index (κ1) is 26.1. The lowest BCUT2D eigenvalue weighted by Crippen LogP contribution is -2.15. The van der Waals surface area contributed by atoms with Crippen LogP contribution in [0.3, 0.4) is 0 Å². The zero-order chi connectivity index (χ0) is 23.3. The third kappa shape index (κ3) is 9.95. The molecule has 0 aliphatic rings. The van der Waals surface area contributed by atoms with Crippen molar-refractivity contribution in [1.82, 2.24) is 0 Å². The molecule has 10 heteroatoms. The van der Waals surface area contributed by atoms with Gasteiger partial charge in [0.15, 0.2) is 0 Å². The van der Waals surface area contributed by atoms with Crippen LogP contribution in [0.2, 0.25) is 0 Å². The number of nitrogens with one attached hydrogen (secondary N) is 2. The van der Waals surface area contributed by atoms with Gasteiger partial charge in [0.05, 0.1) is 22.9 Å². The van der Waals surface area contributed by atoms with Gasteiger partial charge in [-0.15, -0.1) is 0 Å². The quantitative estimate of drug-likeness (QED) is 0.274. The lowest BCUT2D eigenvalue weighted by molar-refractivity contribution is -0.114. The van der Waals surface area contributed by atoms with E-state index in [-0.39, 0.29) is 34.7 Å². The molecular formula is C22H24F4N2O2S2. The average molecular weight is 489 g/mol. The maximum absolute atomic E-state index is 13.5. The summed E-state index contributed by atoms with van der Waals surface area (Å²) >= 11 is 2.84. The first-order valence-electron chi connectivity index (χ1n) is 10.0. The van der Waals surface area contributed by atoms with Crippen molar-refractivity contribution in [3.8, 4) is 0 Å². The molecule has 2 amide bonds. The van der Waals surface area contributed by atoms with E-state index in [0.29, 0.717) is 0 Å². The van der Waals surface area contributed by atoms with Crippen LogP contribution in [0.4, 0.5) is 28.9 Å². The van der Waals surface area contributed by atoms with Crippen LogP contribution in [0.25, 0.3) is 0 Å². The minimum atomic E-state index is -0.679. The number of carbonyl (C=O) groups is 2. The number of amides is 2. The van der Waals surface area contributed by atoms with Gasteiger partial charge in [-0.05, 0) is 48.6 Å². The van der Waals surface area contributed by atoms with E-state index in [4.69, 9.17) is 0 Å². The third-order valence-corrected chi connectivity index (χ3v) is 6.29. The summed E-state index contributed by atoms with van der Waals surface area (Å²) in [5.74, 6) is -1.49. The SMILES string of the molecule is O=C(CSCCCCCCSCC(=O)Nc1cc(F)ccc1F)Nc1cc(F)ccc1F. The van der Waals surface area contributed by atoms with Crippen molar-refractivity contribution < 1.29 is 27.2 Å². The Hall–Kier alpha value is -2.20. The monoisotopic (exact) mass is 488 g/mol. The smallest absolute Gasteiger partial charge is 0.234 e. The van der Waals surface area contributed by atoms with Gasteiger partial charge in [0.2, 0.25) is 11.8 Å². The Bertz CT molecular complexity index is 842. The summed E-state index contributed by atoms with van der Waals surface area (Å²) in [6.07, 6.45) is 3.76. The van der Waals surface area contributed by atoms with E-state index >= 15 is 0 Å². The number of benzene rings is 2. The molecule has 2 rings (SSSR count). The molecule has 0 aromatic heterocycles. The van der Waals surface area contributed by atoms with E-state index in [9.17, 15) is 27.2 Å². The predicted molar refractivity (Wildman–Crippen MR) is 123 cm³/mol. The summed E-state index contributed by atoms with van der Waals surface area (Å²) in [4.78, 5) is 23.6. The second-order valence-electron chi connectivity index (χ2n) is 6.86. The maximum atomic E-state index is 13.5. The van der Waals surface area contributed by atoms with Crippen molar-refractivity contribution in [3.63, 3.8) is 0 Å². The molecule has 0 atom stereocenters. The zero-order valence-corrected chi connectivity index (χ0v) is 18.9. The van der Waals surface area contributed by atoms with Gasteiger partial charge in [0, 0.05) is 12.1 Å². The average Bonchev–Trinajstić information content (AvgIpc) is 2.74. The zero-order valence-electron chi connectivity index (χ0n) is 17.3. The van der Waals surface area contributed by atoms with E-state index in [2.05, 4.69) is 10.6 Å². The normalized spacial score (nSPS) is 10.8. The number of thioether (sulfide) groups is 2. The topological polar surface area (TPSA) is 58.2 Å². The molecule has 0 aliphatic heterocycles. The summed E-state index contributed by atoms with van der Waals surface area (Å²) < 4.78 is 53.1. The molecule has 174 valence electrons. The van der Waals surface area contributed by atoms with Crippen LogP contribution < -0.4 is 10.6 Å². The molecule has 0 aliphatic carbocycles. The second-order valence-corrected chi connectivity index (χ2v) is 9.07. The summed E-state index contributed by atoms with van der Waals surface area (Å²) in [5.41, 5.74) is -0.328. The number of anilines is 2. The second kappa shape index (κ2) is 14.1. The number of hydrogen-bond donors (Lipinski definition) is 2. The lowest BCUT2D eigenvalue weighted by atomic mass is 10.2. The molecule has 2 aromatic carbocycles. The van der Waals surface area contributed by atoms with Crippen molar-refractivity contribution >= 4 is 46.7 Å². The number of carbonyl (C=O) groups excluding carboxylic acids is 2. The predicted octanol–water partition coefficient (Wildman–Crippen LogP) is 5.85. The standard InChI is InChI=1S/C22H24F4N2O2S2/c23-15-5-7-17(25)19(11-15)27-21(29)13-31-9-3-1-2-4-10-32-14-22(30)28-20-12-16(24)6-8-18(20)26/h5-8,11-12H,1-4,9-10,13-14H2,(H,27,29)(H,28,30). The number of halogens is 4. The minimum Gasteiger partial charge on any atom is -0.323 e. The van der Waals surface area contributed by atoms with Gasteiger partial charge >= 0.3 is 0 Å². The van der Waals surface area contributed by atoms with Crippen molar-refractivity contribution in [2.75, 3.05) is 33.6 Å². The highest BCUT2D eigenvalue weighted by molar-refractivity contribution is 8.00. The van der Waals surface area contributed by atoms with Crippen LogP contribution in [0.15, 0.2) is 36.4 Å².